The van der Waals surface area contributed by atoms with Crippen LogP contribution in [0.1, 0.15) is 43.5 Å². The molecule has 0 aromatic carbocycles. The largest absolute Gasteiger partial charge is 0.355 e. The molecular formula is C16H28N4S. The Morgan fingerprint density at radius 1 is 1.48 bits per heavy atom. The Bertz CT molecular complexity index is 423. The van der Waals surface area contributed by atoms with Crippen LogP contribution in [0.3, 0.4) is 0 Å². The average molecular weight is 308 g/mol. The Kier molecular flexibility index (Phi) is 6.51. The Balaban J connectivity index is 1.70. The summed E-state index contributed by atoms with van der Waals surface area (Å²) in [5.74, 6) is 0.885. The number of nitrogens with one attached hydrogen (secondary N) is 2. The first-order chi connectivity index (χ1) is 10.2. The van der Waals surface area contributed by atoms with E-state index >= 15 is 0 Å². The molecule has 0 bridgehead atoms. The van der Waals surface area contributed by atoms with Crippen molar-refractivity contribution < 1.29 is 0 Å². The Labute approximate surface area is 132 Å². The summed E-state index contributed by atoms with van der Waals surface area (Å²) in [5.41, 5.74) is 0. The highest BCUT2D eigenvalue weighted by molar-refractivity contribution is 7.10. The number of aliphatic imine (C=N–C) groups is 1. The summed E-state index contributed by atoms with van der Waals surface area (Å²) in [5, 5.41) is 8.97. The normalized spacial score (nSPS) is 18.2. The monoisotopic (exact) mass is 308 g/mol. The molecular weight excluding hydrogens is 280 g/mol. The van der Waals surface area contributed by atoms with E-state index in [0.717, 1.165) is 25.1 Å². The van der Waals surface area contributed by atoms with Crippen LogP contribution in [-0.4, -0.2) is 44.1 Å². The minimum atomic E-state index is 0.295. The Morgan fingerprint density at radius 3 is 2.86 bits per heavy atom. The smallest absolute Gasteiger partial charge is 0.191 e. The highest BCUT2D eigenvalue weighted by Gasteiger charge is 2.18. The van der Waals surface area contributed by atoms with Crippen LogP contribution in [-0.2, 0) is 0 Å². The lowest BCUT2D eigenvalue weighted by Crippen LogP contribution is -2.43. The molecule has 0 amide bonds. The zero-order valence-electron chi connectivity index (χ0n) is 13.4. The molecule has 1 aromatic heterocycles. The summed E-state index contributed by atoms with van der Waals surface area (Å²) in [6, 6.07) is 5.32. The van der Waals surface area contributed by atoms with Gasteiger partial charge >= 0.3 is 0 Å². The van der Waals surface area contributed by atoms with E-state index in [4.69, 9.17) is 0 Å². The summed E-state index contributed by atoms with van der Waals surface area (Å²) in [6.45, 7) is 4.17. The number of rotatable bonds is 6. The first-order valence-electron chi connectivity index (χ1n) is 7.91. The van der Waals surface area contributed by atoms with Gasteiger partial charge in [-0.05, 0) is 38.3 Å². The molecule has 1 aliphatic rings. The topological polar surface area (TPSA) is 39.7 Å². The van der Waals surface area contributed by atoms with Gasteiger partial charge < -0.3 is 15.5 Å². The van der Waals surface area contributed by atoms with E-state index in [-0.39, 0.29) is 0 Å². The van der Waals surface area contributed by atoms with Gasteiger partial charge in [0.2, 0.25) is 0 Å². The molecule has 0 saturated heterocycles. The lowest BCUT2D eigenvalue weighted by molar-refractivity contribution is 0.249. The van der Waals surface area contributed by atoms with Crippen LogP contribution in [0.2, 0.25) is 0 Å². The lowest BCUT2D eigenvalue weighted by Gasteiger charge is -2.25. The number of nitrogens with zero attached hydrogens (tertiary/aromatic N) is 2. The predicted molar refractivity (Wildman–Crippen MR) is 92.1 cm³/mol. The molecule has 118 valence electrons. The van der Waals surface area contributed by atoms with E-state index in [9.17, 15) is 0 Å². The van der Waals surface area contributed by atoms with E-state index in [0.29, 0.717) is 6.04 Å². The zero-order valence-corrected chi connectivity index (χ0v) is 14.2. The lowest BCUT2D eigenvalue weighted by atomic mass is 10.2. The summed E-state index contributed by atoms with van der Waals surface area (Å²) in [6.07, 6.45) is 5.51. The maximum atomic E-state index is 4.31. The minimum Gasteiger partial charge on any atom is -0.355 e. The molecule has 1 aliphatic carbocycles. The number of hydrogen-bond acceptors (Lipinski definition) is 3. The molecule has 1 fully saturated rings. The molecule has 1 atom stereocenters. The SMILES string of the molecule is CN=C(NCCN(C)C1CCCC1)NC(C)c1cccs1. The highest BCUT2D eigenvalue weighted by atomic mass is 32.1. The van der Waals surface area contributed by atoms with E-state index in [1.807, 2.05) is 7.05 Å². The number of thiophene rings is 1. The van der Waals surface area contributed by atoms with Gasteiger partial charge in [0.05, 0.1) is 6.04 Å². The van der Waals surface area contributed by atoms with Gasteiger partial charge in [-0.3, -0.25) is 4.99 Å². The second kappa shape index (κ2) is 8.39. The second-order valence-corrected chi connectivity index (χ2v) is 6.78. The van der Waals surface area contributed by atoms with Crippen LogP contribution in [0.4, 0.5) is 0 Å². The van der Waals surface area contributed by atoms with Gasteiger partial charge in [-0.1, -0.05) is 18.9 Å². The van der Waals surface area contributed by atoms with Crippen molar-refractivity contribution in [3.8, 4) is 0 Å². The number of likely N-dealkylation sites (N-methyl/N-ethyl adjacent to an activating group) is 1. The predicted octanol–water partition coefficient (Wildman–Crippen LogP) is 2.85. The van der Waals surface area contributed by atoms with Gasteiger partial charge in [0, 0.05) is 31.1 Å². The third kappa shape index (κ3) is 5.00. The fourth-order valence-electron chi connectivity index (χ4n) is 2.89. The van der Waals surface area contributed by atoms with Crippen LogP contribution in [0.15, 0.2) is 22.5 Å². The van der Waals surface area contributed by atoms with Crippen molar-refractivity contribution in [3.05, 3.63) is 22.4 Å². The molecule has 21 heavy (non-hydrogen) atoms. The fraction of sp³-hybridized carbons (Fsp3) is 0.688. The van der Waals surface area contributed by atoms with Crippen molar-refractivity contribution in [1.29, 1.82) is 0 Å². The van der Waals surface area contributed by atoms with Gasteiger partial charge in [0.25, 0.3) is 0 Å². The first-order valence-corrected chi connectivity index (χ1v) is 8.79. The summed E-state index contributed by atoms with van der Waals surface area (Å²) < 4.78 is 0. The highest BCUT2D eigenvalue weighted by Crippen LogP contribution is 2.21. The minimum absolute atomic E-state index is 0.295. The van der Waals surface area contributed by atoms with Crippen molar-refractivity contribution in [1.82, 2.24) is 15.5 Å². The molecule has 2 rings (SSSR count). The van der Waals surface area contributed by atoms with Gasteiger partial charge in [-0.2, -0.15) is 0 Å². The molecule has 0 aliphatic heterocycles. The first kappa shape index (κ1) is 16.3. The Hall–Kier alpha value is -1.07. The van der Waals surface area contributed by atoms with E-state index in [1.54, 1.807) is 11.3 Å². The third-order valence-corrected chi connectivity index (χ3v) is 5.31. The molecule has 4 nitrogen and oxygen atoms in total. The molecule has 0 radical (unpaired) electrons. The van der Waals surface area contributed by atoms with E-state index in [1.165, 1.54) is 30.6 Å². The quantitative estimate of drug-likeness (QED) is 0.627. The molecule has 0 spiro atoms. The van der Waals surface area contributed by atoms with Gasteiger partial charge in [0.1, 0.15) is 0 Å². The summed E-state index contributed by atoms with van der Waals surface area (Å²) >= 11 is 1.78. The zero-order chi connectivity index (χ0) is 15.1. The Morgan fingerprint density at radius 2 is 2.24 bits per heavy atom. The maximum Gasteiger partial charge on any atom is 0.191 e. The van der Waals surface area contributed by atoms with Crippen LogP contribution in [0, 0.1) is 0 Å². The summed E-state index contributed by atoms with van der Waals surface area (Å²) in [4.78, 5) is 8.13. The van der Waals surface area contributed by atoms with Gasteiger partial charge in [-0.25, -0.2) is 0 Å². The second-order valence-electron chi connectivity index (χ2n) is 5.80. The summed E-state index contributed by atoms with van der Waals surface area (Å²) in [7, 11) is 4.07. The van der Waals surface area contributed by atoms with Crippen molar-refractivity contribution in [2.75, 3.05) is 27.2 Å². The van der Waals surface area contributed by atoms with Crippen LogP contribution in [0.5, 0.6) is 0 Å². The number of hydrogen-bond donors (Lipinski definition) is 2. The van der Waals surface area contributed by atoms with Crippen LogP contribution < -0.4 is 10.6 Å². The van der Waals surface area contributed by atoms with Crippen LogP contribution >= 0.6 is 11.3 Å². The standard InChI is InChI=1S/C16H28N4S/c1-13(15-9-6-12-21-15)19-16(17-2)18-10-11-20(3)14-7-4-5-8-14/h6,9,12-14H,4-5,7-8,10-11H2,1-3H3,(H2,17,18,19). The maximum absolute atomic E-state index is 4.31. The number of guanidine groups is 1. The average Bonchev–Trinajstić information content (AvgIpc) is 3.18. The van der Waals surface area contributed by atoms with Crippen LogP contribution in [0.25, 0.3) is 0 Å². The molecule has 5 heteroatoms. The third-order valence-electron chi connectivity index (χ3n) is 4.25. The molecule has 1 aromatic rings. The van der Waals surface area contributed by atoms with Gasteiger partial charge in [-0.15, -0.1) is 11.3 Å². The molecule has 1 heterocycles. The van der Waals surface area contributed by atoms with E-state index in [2.05, 4.69) is 52.0 Å². The fourth-order valence-corrected chi connectivity index (χ4v) is 3.62. The molecule has 1 unspecified atom stereocenters. The van der Waals surface area contributed by atoms with Crippen molar-refractivity contribution in [2.45, 2.75) is 44.7 Å². The molecule has 1 saturated carbocycles. The van der Waals surface area contributed by atoms with E-state index < -0.39 is 0 Å². The van der Waals surface area contributed by atoms with Crippen molar-refractivity contribution in [3.63, 3.8) is 0 Å². The van der Waals surface area contributed by atoms with Crippen molar-refractivity contribution in [2.24, 2.45) is 4.99 Å². The molecule has 2 N–H and O–H groups in total. The van der Waals surface area contributed by atoms with Crippen molar-refractivity contribution >= 4 is 17.3 Å². The van der Waals surface area contributed by atoms with Gasteiger partial charge in [0.15, 0.2) is 5.96 Å².